The Morgan fingerprint density at radius 1 is 1.37 bits per heavy atom. The Kier molecular flexibility index (Phi) is 5.16. The minimum Gasteiger partial charge on any atom is -0.383 e. The zero-order valence-electron chi connectivity index (χ0n) is 10.4. The van der Waals surface area contributed by atoms with E-state index in [1.54, 1.807) is 13.0 Å². The van der Waals surface area contributed by atoms with Crippen molar-refractivity contribution in [2.45, 2.75) is 38.4 Å². The molecule has 0 aromatic heterocycles. The highest BCUT2D eigenvalue weighted by atomic mass is 19.4. The van der Waals surface area contributed by atoms with Crippen LogP contribution >= 0.6 is 0 Å². The second kappa shape index (κ2) is 6.41. The predicted molar refractivity (Wildman–Crippen MR) is 64.1 cm³/mol. The Labute approximate surface area is 109 Å². The Bertz CT molecular complexity index is 463. The number of anilines is 1. The molecule has 0 aliphatic carbocycles. The van der Waals surface area contributed by atoms with Gasteiger partial charge in [-0.2, -0.15) is 18.4 Å². The van der Waals surface area contributed by atoms with Crippen molar-refractivity contribution in [3.63, 3.8) is 0 Å². The molecule has 1 N–H and O–H groups in total. The lowest BCUT2D eigenvalue weighted by molar-refractivity contribution is -0.135. The molecule has 1 aromatic rings. The molecule has 0 bridgehead atoms. The van der Waals surface area contributed by atoms with Crippen LogP contribution < -0.4 is 5.32 Å². The molecule has 19 heavy (non-hydrogen) atoms. The van der Waals surface area contributed by atoms with Crippen molar-refractivity contribution >= 4 is 5.69 Å². The molecule has 0 spiro atoms. The van der Waals surface area contributed by atoms with Crippen LogP contribution in [-0.4, -0.2) is 12.2 Å². The van der Waals surface area contributed by atoms with E-state index in [0.29, 0.717) is 12.1 Å². The quantitative estimate of drug-likeness (QED) is 0.815. The van der Waals surface area contributed by atoms with Crippen LogP contribution in [0, 0.1) is 17.1 Å². The molecule has 2 nitrogen and oxygen atoms in total. The minimum atomic E-state index is -4.14. The molecule has 1 rings (SSSR count). The lowest BCUT2D eigenvalue weighted by Crippen LogP contribution is -2.16. The van der Waals surface area contributed by atoms with E-state index in [1.807, 2.05) is 0 Å². The SMILES string of the molecule is CC(CCCC(F)(F)F)Nc1ccc(F)c(C#N)c1. The standard InChI is InChI=1S/C13H14F4N2/c1-9(3-2-6-13(15,16)17)19-11-4-5-12(14)10(7-11)8-18/h4-5,7,9,19H,2-3,6H2,1H3. The van der Waals surface area contributed by atoms with Crippen LogP contribution in [-0.2, 0) is 0 Å². The number of hydrogen-bond donors (Lipinski definition) is 1. The molecule has 0 saturated heterocycles. The summed E-state index contributed by atoms with van der Waals surface area (Å²) in [5.74, 6) is -0.613. The molecule has 0 aliphatic heterocycles. The average Bonchev–Trinajstić information content (AvgIpc) is 2.30. The van der Waals surface area contributed by atoms with Gasteiger partial charge in [0.2, 0.25) is 0 Å². The summed E-state index contributed by atoms with van der Waals surface area (Å²) in [6.45, 7) is 1.74. The van der Waals surface area contributed by atoms with Gasteiger partial charge in [-0.15, -0.1) is 0 Å². The summed E-state index contributed by atoms with van der Waals surface area (Å²) in [6.07, 6.45) is -4.57. The van der Waals surface area contributed by atoms with E-state index in [0.717, 1.165) is 6.07 Å². The van der Waals surface area contributed by atoms with Crippen molar-refractivity contribution in [3.05, 3.63) is 29.6 Å². The predicted octanol–water partition coefficient (Wildman–Crippen LogP) is 4.23. The van der Waals surface area contributed by atoms with Crippen molar-refractivity contribution in [2.75, 3.05) is 5.32 Å². The molecule has 0 fully saturated rings. The summed E-state index contributed by atoms with van der Waals surface area (Å²) in [5.41, 5.74) is 0.435. The summed E-state index contributed by atoms with van der Waals surface area (Å²) < 4.78 is 49.0. The highest BCUT2D eigenvalue weighted by Crippen LogP contribution is 2.23. The smallest absolute Gasteiger partial charge is 0.383 e. The van der Waals surface area contributed by atoms with Gasteiger partial charge in [0.1, 0.15) is 11.9 Å². The van der Waals surface area contributed by atoms with Crippen molar-refractivity contribution < 1.29 is 17.6 Å². The number of benzene rings is 1. The molecule has 6 heteroatoms. The molecular weight excluding hydrogens is 260 g/mol. The van der Waals surface area contributed by atoms with E-state index >= 15 is 0 Å². The van der Waals surface area contributed by atoms with Crippen molar-refractivity contribution in [3.8, 4) is 6.07 Å². The van der Waals surface area contributed by atoms with Gasteiger partial charge >= 0.3 is 6.18 Å². The van der Waals surface area contributed by atoms with Gasteiger partial charge in [0.15, 0.2) is 0 Å². The zero-order chi connectivity index (χ0) is 14.5. The monoisotopic (exact) mass is 274 g/mol. The maximum Gasteiger partial charge on any atom is 0.389 e. The highest BCUT2D eigenvalue weighted by Gasteiger charge is 2.26. The van der Waals surface area contributed by atoms with Crippen LogP contribution in [0.1, 0.15) is 31.7 Å². The van der Waals surface area contributed by atoms with Gasteiger partial charge in [-0.05, 0) is 38.0 Å². The number of halogens is 4. The maximum atomic E-state index is 13.1. The first-order chi connectivity index (χ1) is 8.81. The van der Waals surface area contributed by atoms with Gasteiger partial charge in [-0.25, -0.2) is 4.39 Å². The Balaban J connectivity index is 2.49. The van der Waals surface area contributed by atoms with Gasteiger partial charge < -0.3 is 5.32 Å². The average molecular weight is 274 g/mol. The highest BCUT2D eigenvalue weighted by molar-refractivity contribution is 5.50. The first kappa shape index (κ1) is 15.3. The molecule has 1 unspecified atom stereocenters. The maximum absolute atomic E-state index is 13.1. The summed E-state index contributed by atoms with van der Waals surface area (Å²) in [5, 5.41) is 11.6. The zero-order valence-corrected chi connectivity index (χ0v) is 10.4. The number of rotatable bonds is 5. The minimum absolute atomic E-state index is 0.0317. The van der Waals surface area contributed by atoms with Crippen LogP contribution in [0.15, 0.2) is 18.2 Å². The molecular formula is C13H14F4N2. The normalized spacial score (nSPS) is 12.8. The molecule has 1 aromatic carbocycles. The molecule has 0 aliphatic rings. The van der Waals surface area contributed by atoms with Gasteiger partial charge in [-0.1, -0.05) is 0 Å². The summed E-state index contributed by atoms with van der Waals surface area (Å²) in [7, 11) is 0. The van der Waals surface area contributed by atoms with E-state index in [9.17, 15) is 17.6 Å². The van der Waals surface area contributed by atoms with E-state index in [2.05, 4.69) is 5.32 Å². The van der Waals surface area contributed by atoms with Crippen molar-refractivity contribution in [1.29, 1.82) is 5.26 Å². The number of nitriles is 1. The number of nitrogens with zero attached hydrogens (tertiary/aromatic N) is 1. The fourth-order valence-corrected chi connectivity index (χ4v) is 1.67. The summed E-state index contributed by atoms with van der Waals surface area (Å²) in [6, 6.07) is 5.48. The topological polar surface area (TPSA) is 35.8 Å². The molecule has 104 valence electrons. The summed E-state index contributed by atoms with van der Waals surface area (Å²) >= 11 is 0. The van der Waals surface area contributed by atoms with E-state index in [4.69, 9.17) is 5.26 Å². The van der Waals surface area contributed by atoms with Crippen molar-refractivity contribution in [1.82, 2.24) is 0 Å². The Morgan fingerprint density at radius 3 is 2.63 bits per heavy atom. The van der Waals surface area contributed by atoms with Gasteiger partial charge in [0.05, 0.1) is 5.56 Å². The largest absolute Gasteiger partial charge is 0.389 e. The van der Waals surface area contributed by atoms with Crippen LogP contribution in [0.5, 0.6) is 0 Å². The number of nitrogens with one attached hydrogen (secondary N) is 1. The summed E-state index contributed by atoms with van der Waals surface area (Å²) in [4.78, 5) is 0. The first-order valence-corrected chi connectivity index (χ1v) is 5.85. The van der Waals surface area contributed by atoms with Crippen molar-refractivity contribution in [2.24, 2.45) is 0 Å². The Morgan fingerprint density at radius 2 is 2.05 bits per heavy atom. The van der Waals surface area contributed by atoms with Crippen LogP contribution in [0.3, 0.4) is 0 Å². The third-order valence-corrected chi connectivity index (χ3v) is 2.60. The fourth-order valence-electron chi connectivity index (χ4n) is 1.67. The lowest BCUT2D eigenvalue weighted by atomic mass is 10.1. The molecule has 0 amide bonds. The first-order valence-electron chi connectivity index (χ1n) is 5.85. The number of alkyl halides is 3. The van der Waals surface area contributed by atoms with Gasteiger partial charge in [-0.3, -0.25) is 0 Å². The van der Waals surface area contributed by atoms with Crippen LogP contribution in [0.2, 0.25) is 0 Å². The second-order valence-corrected chi connectivity index (χ2v) is 4.36. The van der Waals surface area contributed by atoms with Gasteiger partial charge in [0, 0.05) is 18.2 Å². The van der Waals surface area contributed by atoms with E-state index in [-0.39, 0.29) is 18.0 Å². The third kappa shape index (κ3) is 5.60. The Hall–Kier alpha value is -1.77. The third-order valence-electron chi connectivity index (χ3n) is 2.60. The molecule has 0 saturated carbocycles. The number of hydrogen-bond acceptors (Lipinski definition) is 2. The molecule has 0 heterocycles. The lowest BCUT2D eigenvalue weighted by Gasteiger charge is -2.16. The second-order valence-electron chi connectivity index (χ2n) is 4.36. The van der Waals surface area contributed by atoms with Crippen LogP contribution in [0.4, 0.5) is 23.2 Å². The van der Waals surface area contributed by atoms with E-state index < -0.39 is 18.4 Å². The van der Waals surface area contributed by atoms with E-state index in [1.165, 1.54) is 12.1 Å². The van der Waals surface area contributed by atoms with Crippen LogP contribution in [0.25, 0.3) is 0 Å². The molecule has 1 atom stereocenters. The molecule has 0 radical (unpaired) electrons. The van der Waals surface area contributed by atoms with Gasteiger partial charge in [0.25, 0.3) is 0 Å². The fraction of sp³-hybridized carbons (Fsp3) is 0.462.